The fourth-order valence-corrected chi connectivity index (χ4v) is 4.24. The average Bonchev–Trinajstić information content (AvgIpc) is 2.85. The van der Waals surface area contributed by atoms with Crippen molar-refractivity contribution in [2.24, 2.45) is 18.7 Å². The molecule has 2 atom stereocenters. The fourth-order valence-electron chi connectivity index (χ4n) is 2.77. The molecule has 1 unspecified atom stereocenters. The predicted molar refractivity (Wildman–Crippen MR) is 100 cm³/mol. The van der Waals surface area contributed by atoms with Crippen LogP contribution in [0.25, 0.3) is 0 Å². The summed E-state index contributed by atoms with van der Waals surface area (Å²) in [5, 5.41) is 2.49. The molecule has 0 bridgehead atoms. The van der Waals surface area contributed by atoms with Gasteiger partial charge in [0.25, 0.3) is 10.0 Å². The largest absolute Gasteiger partial charge is 0.369 e. The van der Waals surface area contributed by atoms with E-state index in [4.69, 9.17) is 5.73 Å². The zero-order valence-corrected chi connectivity index (χ0v) is 17.0. The molecule has 0 saturated carbocycles. The molecule has 1 aromatic heterocycles. The van der Waals surface area contributed by atoms with Crippen LogP contribution < -0.4 is 11.1 Å². The molecular weight excluding hydrogens is 386 g/mol. The Morgan fingerprint density at radius 1 is 1.46 bits per heavy atom. The summed E-state index contributed by atoms with van der Waals surface area (Å²) in [5.74, 6) is -1.33. The van der Waals surface area contributed by atoms with E-state index in [-0.39, 0.29) is 24.5 Å². The Morgan fingerprint density at radius 2 is 2.14 bits per heavy atom. The van der Waals surface area contributed by atoms with Gasteiger partial charge < -0.3 is 15.6 Å². The molecular formula is C17H26N5O5S. The number of aryl methyl sites for hydroxylation is 2. The number of hydrogen-bond donors (Lipinski definition) is 2. The Morgan fingerprint density at radius 3 is 2.71 bits per heavy atom. The predicted octanol–water partition coefficient (Wildman–Crippen LogP) is -0.717. The van der Waals surface area contributed by atoms with Crippen LogP contribution in [-0.2, 0) is 31.5 Å². The van der Waals surface area contributed by atoms with E-state index in [0.29, 0.717) is 18.7 Å². The molecule has 2 amide bonds. The fraction of sp³-hybridized carbons (Fsp3) is 0.588. The highest BCUT2D eigenvalue weighted by atomic mass is 32.2. The molecule has 1 saturated heterocycles. The minimum atomic E-state index is -3.89. The maximum Gasteiger partial charge on any atom is 0.262 e. The minimum Gasteiger partial charge on any atom is -0.369 e. The van der Waals surface area contributed by atoms with Gasteiger partial charge >= 0.3 is 0 Å². The van der Waals surface area contributed by atoms with Gasteiger partial charge in [-0.15, -0.1) is 0 Å². The summed E-state index contributed by atoms with van der Waals surface area (Å²) >= 11 is 0. The SMILES string of the molecule is Cc1nc(S(=O)(=O)N2CCC[C@H](NC(=O)[CH]CC(C)C(N)=O)C(=O)C2)cn1C. The highest BCUT2D eigenvalue weighted by Gasteiger charge is 2.34. The molecule has 10 nitrogen and oxygen atoms in total. The van der Waals surface area contributed by atoms with Gasteiger partial charge in [-0.25, -0.2) is 13.4 Å². The van der Waals surface area contributed by atoms with E-state index in [0.717, 1.165) is 4.31 Å². The van der Waals surface area contributed by atoms with Crippen LogP contribution in [-0.4, -0.2) is 59.0 Å². The number of primary amides is 1. The lowest BCUT2D eigenvalue weighted by atomic mass is 10.0. The normalized spacial score (nSPS) is 19.8. The van der Waals surface area contributed by atoms with Crippen molar-refractivity contribution >= 4 is 27.6 Å². The topological polar surface area (TPSA) is 144 Å². The number of sulfonamides is 1. The van der Waals surface area contributed by atoms with Gasteiger partial charge in [-0.05, 0) is 26.2 Å². The van der Waals surface area contributed by atoms with Gasteiger partial charge in [0.2, 0.25) is 11.8 Å². The van der Waals surface area contributed by atoms with Crippen LogP contribution in [0.15, 0.2) is 11.2 Å². The standard InChI is InChI=1S/C17H26N5O5S/c1-11(17(18)25)6-7-15(24)20-13-5-4-8-22(9-14(13)23)28(26,27)16-10-21(3)12(2)19-16/h7,10-11,13H,4-6,8-9H2,1-3H3,(H2,18,25)(H,20,24)/t11?,13-/m0/s1. The summed E-state index contributed by atoms with van der Waals surface area (Å²) in [4.78, 5) is 39.6. The number of rotatable bonds is 7. The van der Waals surface area contributed by atoms with Crippen LogP contribution in [0.5, 0.6) is 0 Å². The van der Waals surface area contributed by atoms with Crippen molar-refractivity contribution in [1.29, 1.82) is 0 Å². The third kappa shape index (κ3) is 5.16. The van der Waals surface area contributed by atoms with E-state index < -0.39 is 39.6 Å². The Balaban J connectivity index is 2.01. The first kappa shape index (κ1) is 22.0. The van der Waals surface area contributed by atoms with E-state index in [1.807, 2.05) is 0 Å². The minimum absolute atomic E-state index is 0.100. The molecule has 1 radical (unpaired) electrons. The summed E-state index contributed by atoms with van der Waals surface area (Å²) in [6, 6.07) is -0.779. The summed E-state index contributed by atoms with van der Waals surface area (Å²) < 4.78 is 28.3. The molecule has 1 aliphatic heterocycles. The lowest BCUT2D eigenvalue weighted by Gasteiger charge is -2.18. The van der Waals surface area contributed by atoms with Gasteiger partial charge in [0.15, 0.2) is 10.8 Å². The molecule has 0 spiro atoms. The van der Waals surface area contributed by atoms with E-state index in [1.165, 1.54) is 12.6 Å². The molecule has 3 N–H and O–H groups in total. The summed E-state index contributed by atoms with van der Waals surface area (Å²) in [6.07, 6.45) is 3.60. The smallest absolute Gasteiger partial charge is 0.262 e. The van der Waals surface area contributed by atoms with Crippen molar-refractivity contribution in [3.8, 4) is 0 Å². The third-order valence-electron chi connectivity index (χ3n) is 4.77. The van der Waals surface area contributed by atoms with Crippen molar-refractivity contribution < 1.29 is 22.8 Å². The molecule has 2 rings (SSSR count). The van der Waals surface area contributed by atoms with E-state index in [9.17, 15) is 22.8 Å². The number of Topliss-reactive ketones (excluding diaryl/α,β-unsaturated/α-hetero) is 1. The molecule has 0 aliphatic carbocycles. The quantitative estimate of drug-likeness (QED) is 0.605. The summed E-state index contributed by atoms with van der Waals surface area (Å²) in [6.45, 7) is 3.12. The zero-order chi connectivity index (χ0) is 21.1. The Kier molecular flexibility index (Phi) is 6.94. The highest BCUT2D eigenvalue weighted by Crippen LogP contribution is 2.19. The molecule has 1 aliphatic rings. The Labute approximate surface area is 164 Å². The molecule has 1 aromatic rings. The van der Waals surface area contributed by atoms with Gasteiger partial charge in [-0.2, -0.15) is 4.31 Å². The van der Waals surface area contributed by atoms with Crippen LogP contribution in [0.4, 0.5) is 0 Å². The van der Waals surface area contributed by atoms with E-state index >= 15 is 0 Å². The lowest BCUT2D eigenvalue weighted by molar-refractivity contribution is -0.126. The molecule has 2 heterocycles. The van der Waals surface area contributed by atoms with Crippen molar-refractivity contribution in [2.75, 3.05) is 13.1 Å². The summed E-state index contributed by atoms with van der Waals surface area (Å²) in [5.41, 5.74) is 5.15. The molecule has 28 heavy (non-hydrogen) atoms. The van der Waals surface area contributed by atoms with Gasteiger partial charge in [0, 0.05) is 25.7 Å². The van der Waals surface area contributed by atoms with Gasteiger partial charge in [-0.3, -0.25) is 14.4 Å². The highest BCUT2D eigenvalue weighted by molar-refractivity contribution is 7.89. The van der Waals surface area contributed by atoms with Gasteiger partial charge in [-0.1, -0.05) is 6.92 Å². The van der Waals surface area contributed by atoms with Crippen LogP contribution in [0.3, 0.4) is 0 Å². The molecule has 1 fully saturated rings. The number of carbonyl (C=O) groups is 3. The van der Waals surface area contributed by atoms with Crippen LogP contribution in [0, 0.1) is 19.3 Å². The van der Waals surface area contributed by atoms with E-state index in [1.54, 1.807) is 25.5 Å². The van der Waals surface area contributed by atoms with Crippen molar-refractivity contribution in [2.45, 2.75) is 44.2 Å². The van der Waals surface area contributed by atoms with Crippen LogP contribution in [0.1, 0.15) is 32.0 Å². The second-order valence-corrected chi connectivity index (χ2v) is 8.87. The second kappa shape index (κ2) is 8.82. The Bertz CT molecular complexity index is 844. The number of nitrogens with zero attached hydrogens (tertiary/aromatic N) is 3. The molecule has 11 heteroatoms. The monoisotopic (exact) mass is 412 g/mol. The van der Waals surface area contributed by atoms with Crippen LogP contribution >= 0.6 is 0 Å². The first-order valence-electron chi connectivity index (χ1n) is 8.98. The number of aromatic nitrogens is 2. The average molecular weight is 412 g/mol. The zero-order valence-electron chi connectivity index (χ0n) is 16.2. The van der Waals surface area contributed by atoms with Gasteiger partial charge in [0.05, 0.1) is 19.0 Å². The van der Waals surface area contributed by atoms with Gasteiger partial charge in [0.1, 0.15) is 5.82 Å². The number of carbonyl (C=O) groups excluding carboxylic acids is 3. The number of nitrogens with one attached hydrogen (secondary N) is 1. The molecule has 155 valence electrons. The number of imidazole rings is 1. The maximum absolute atomic E-state index is 12.8. The number of amides is 2. The maximum atomic E-state index is 12.8. The van der Waals surface area contributed by atoms with E-state index in [2.05, 4.69) is 10.3 Å². The lowest BCUT2D eigenvalue weighted by Crippen LogP contribution is -2.44. The number of nitrogens with two attached hydrogens (primary N) is 1. The number of hydrogen-bond acceptors (Lipinski definition) is 6. The van der Waals surface area contributed by atoms with Crippen molar-refractivity contribution in [3.63, 3.8) is 0 Å². The van der Waals surface area contributed by atoms with Crippen molar-refractivity contribution in [1.82, 2.24) is 19.2 Å². The third-order valence-corrected chi connectivity index (χ3v) is 6.49. The second-order valence-electron chi connectivity index (χ2n) is 6.99. The first-order valence-corrected chi connectivity index (χ1v) is 10.4. The molecule has 0 aromatic carbocycles. The summed E-state index contributed by atoms with van der Waals surface area (Å²) in [7, 11) is -2.20. The number of ketones is 1. The first-order chi connectivity index (χ1) is 13.0. The van der Waals surface area contributed by atoms with Crippen LogP contribution in [0.2, 0.25) is 0 Å². The Hall–Kier alpha value is -2.27. The van der Waals surface area contributed by atoms with Crippen molar-refractivity contribution in [3.05, 3.63) is 18.4 Å².